The van der Waals surface area contributed by atoms with Crippen LogP contribution >= 0.6 is 0 Å². The smallest absolute Gasteiger partial charge is 0.303 e. The van der Waals surface area contributed by atoms with Gasteiger partial charge >= 0.3 is 5.97 Å². The molecule has 0 aromatic heterocycles. The van der Waals surface area contributed by atoms with Crippen LogP contribution in [0.5, 0.6) is 0 Å². The molecule has 1 N–H and O–H groups in total. The summed E-state index contributed by atoms with van der Waals surface area (Å²) in [6, 6.07) is 0. The van der Waals surface area contributed by atoms with Crippen LogP contribution in [0.4, 0.5) is 0 Å². The van der Waals surface area contributed by atoms with Crippen LogP contribution in [-0.4, -0.2) is 11.1 Å². The Hall–Kier alpha value is -1.05. The lowest BCUT2D eigenvalue weighted by Gasteiger charge is -1.98. The number of hydrogen-bond acceptors (Lipinski definition) is 1. The van der Waals surface area contributed by atoms with E-state index >= 15 is 0 Å². The minimum absolute atomic E-state index is 0.323. The second kappa shape index (κ2) is 21.0. The van der Waals surface area contributed by atoms with Gasteiger partial charge in [-0.15, -0.1) is 0 Å². The van der Waals surface area contributed by atoms with E-state index in [1.165, 1.54) is 77.0 Å². The van der Waals surface area contributed by atoms with Crippen molar-refractivity contribution in [1.29, 1.82) is 0 Å². The van der Waals surface area contributed by atoms with E-state index in [4.69, 9.17) is 5.11 Å². The third-order valence-electron chi connectivity index (χ3n) is 4.56. The van der Waals surface area contributed by atoms with E-state index in [1.54, 1.807) is 0 Å². The molecule has 0 spiro atoms. The SMILES string of the molecule is CCCCCCCCC=CCCCCC=CCCCCCCC(=O)O. The zero-order chi connectivity index (χ0) is 18.4. The van der Waals surface area contributed by atoms with Crippen molar-refractivity contribution in [2.75, 3.05) is 0 Å². The molecule has 0 radical (unpaired) electrons. The highest BCUT2D eigenvalue weighted by Gasteiger charge is 1.95. The van der Waals surface area contributed by atoms with Gasteiger partial charge in [0.1, 0.15) is 0 Å². The summed E-state index contributed by atoms with van der Waals surface area (Å²) >= 11 is 0. The second-order valence-electron chi connectivity index (χ2n) is 7.13. The second-order valence-corrected chi connectivity index (χ2v) is 7.13. The van der Waals surface area contributed by atoms with Crippen molar-refractivity contribution in [2.45, 2.75) is 116 Å². The summed E-state index contributed by atoms with van der Waals surface area (Å²) in [4.78, 5) is 10.4. The topological polar surface area (TPSA) is 37.3 Å². The van der Waals surface area contributed by atoms with Gasteiger partial charge in [0.25, 0.3) is 0 Å². The zero-order valence-electron chi connectivity index (χ0n) is 16.7. The average Bonchev–Trinajstić information content (AvgIpc) is 2.60. The van der Waals surface area contributed by atoms with Crippen LogP contribution in [0.15, 0.2) is 24.3 Å². The van der Waals surface area contributed by atoms with Crippen LogP contribution in [-0.2, 0) is 4.79 Å². The van der Waals surface area contributed by atoms with Gasteiger partial charge in [0.05, 0.1) is 0 Å². The number of carbonyl (C=O) groups is 1. The molecule has 0 saturated carbocycles. The zero-order valence-corrected chi connectivity index (χ0v) is 16.7. The van der Waals surface area contributed by atoms with E-state index < -0.39 is 5.97 Å². The van der Waals surface area contributed by atoms with Crippen molar-refractivity contribution in [1.82, 2.24) is 0 Å². The van der Waals surface area contributed by atoms with Crippen LogP contribution in [0.3, 0.4) is 0 Å². The summed E-state index contributed by atoms with van der Waals surface area (Å²) in [5.74, 6) is -0.669. The van der Waals surface area contributed by atoms with Crippen molar-refractivity contribution in [3.8, 4) is 0 Å². The van der Waals surface area contributed by atoms with Gasteiger partial charge in [0.2, 0.25) is 0 Å². The van der Waals surface area contributed by atoms with E-state index in [0.717, 1.165) is 25.7 Å². The van der Waals surface area contributed by atoms with Crippen LogP contribution in [0.1, 0.15) is 116 Å². The predicted molar refractivity (Wildman–Crippen MR) is 110 cm³/mol. The summed E-state index contributed by atoms with van der Waals surface area (Å²) in [5.41, 5.74) is 0. The highest BCUT2D eigenvalue weighted by molar-refractivity contribution is 5.66. The number of carboxylic acid groups (broad SMARTS) is 1. The van der Waals surface area contributed by atoms with Crippen molar-refractivity contribution < 1.29 is 9.90 Å². The highest BCUT2D eigenvalue weighted by Crippen LogP contribution is 2.09. The third-order valence-corrected chi connectivity index (χ3v) is 4.56. The number of unbranched alkanes of at least 4 members (excludes halogenated alkanes) is 13. The Balaban J connectivity index is 3.16. The number of carboxylic acids is 1. The molecule has 2 heteroatoms. The number of rotatable bonds is 19. The maximum atomic E-state index is 10.4. The van der Waals surface area contributed by atoms with Gasteiger partial charge in [-0.1, -0.05) is 76.2 Å². The van der Waals surface area contributed by atoms with Crippen LogP contribution < -0.4 is 0 Å². The van der Waals surface area contributed by atoms with E-state index in [1.807, 2.05) is 0 Å². The molecular weight excluding hydrogens is 308 g/mol. The normalized spacial score (nSPS) is 11.7. The molecule has 0 aliphatic rings. The number of hydrogen-bond donors (Lipinski definition) is 1. The summed E-state index contributed by atoms with van der Waals surface area (Å²) in [7, 11) is 0. The molecule has 0 fully saturated rings. The molecule has 0 rings (SSSR count). The first-order chi connectivity index (χ1) is 12.3. The molecule has 25 heavy (non-hydrogen) atoms. The van der Waals surface area contributed by atoms with Gasteiger partial charge in [-0.05, 0) is 57.8 Å². The molecule has 2 nitrogen and oxygen atoms in total. The molecule has 0 unspecified atom stereocenters. The quantitative estimate of drug-likeness (QED) is 0.190. The third kappa shape index (κ3) is 22.9. The van der Waals surface area contributed by atoms with Gasteiger partial charge in [0, 0.05) is 6.42 Å². The molecule has 0 aromatic carbocycles. The minimum atomic E-state index is -0.669. The van der Waals surface area contributed by atoms with Gasteiger partial charge in [0.15, 0.2) is 0 Å². The first kappa shape index (κ1) is 23.9. The van der Waals surface area contributed by atoms with Gasteiger partial charge < -0.3 is 5.11 Å². The average molecular weight is 351 g/mol. The van der Waals surface area contributed by atoms with Gasteiger partial charge in [-0.2, -0.15) is 0 Å². The predicted octanol–water partition coefficient (Wildman–Crippen LogP) is 7.84. The van der Waals surface area contributed by atoms with Gasteiger partial charge in [-0.25, -0.2) is 0 Å². The molecule has 0 heterocycles. The molecule has 0 aliphatic heterocycles. The molecular formula is C23H42O2. The Morgan fingerprint density at radius 2 is 0.960 bits per heavy atom. The molecule has 0 amide bonds. The lowest BCUT2D eigenvalue weighted by Crippen LogP contribution is -1.93. The highest BCUT2D eigenvalue weighted by atomic mass is 16.4. The summed E-state index contributed by atoms with van der Waals surface area (Å²) in [6.07, 6.45) is 29.6. The fourth-order valence-electron chi connectivity index (χ4n) is 2.93. The van der Waals surface area contributed by atoms with Crippen molar-refractivity contribution in [3.05, 3.63) is 24.3 Å². The summed E-state index contributed by atoms with van der Waals surface area (Å²) < 4.78 is 0. The van der Waals surface area contributed by atoms with E-state index in [9.17, 15) is 4.79 Å². The minimum Gasteiger partial charge on any atom is -0.481 e. The molecule has 0 aliphatic carbocycles. The maximum Gasteiger partial charge on any atom is 0.303 e. The molecule has 0 bridgehead atoms. The Labute approximate surface area is 156 Å². The summed E-state index contributed by atoms with van der Waals surface area (Å²) in [5, 5.41) is 8.55. The molecule has 146 valence electrons. The van der Waals surface area contributed by atoms with Crippen molar-refractivity contribution in [3.63, 3.8) is 0 Å². The molecule has 0 aromatic rings. The maximum absolute atomic E-state index is 10.4. The number of aliphatic carboxylic acids is 1. The lowest BCUT2D eigenvalue weighted by molar-refractivity contribution is -0.137. The van der Waals surface area contributed by atoms with Crippen LogP contribution in [0, 0.1) is 0 Å². The first-order valence-electron chi connectivity index (χ1n) is 10.8. The molecule has 0 saturated heterocycles. The van der Waals surface area contributed by atoms with Gasteiger partial charge in [-0.3, -0.25) is 4.79 Å². The summed E-state index contributed by atoms with van der Waals surface area (Å²) in [6.45, 7) is 2.27. The largest absolute Gasteiger partial charge is 0.481 e. The molecule has 0 atom stereocenters. The number of allylic oxidation sites excluding steroid dienone is 4. The van der Waals surface area contributed by atoms with Crippen molar-refractivity contribution >= 4 is 5.97 Å². The standard InChI is InChI=1S/C23H42O2/c1-2-3-4-5-6-7-8-9-10-11-12-13-14-15-16-17-18-19-20-21-22-23(24)25/h9-10,15-16H,2-8,11-14,17-22H2,1H3,(H,24,25). The van der Waals surface area contributed by atoms with E-state index in [0.29, 0.717) is 6.42 Å². The Kier molecular flexibility index (Phi) is 20.1. The van der Waals surface area contributed by atoms with Crippen LogP contribution in [0.2, 0.25) is 0 Å². The van der Waals surface area contributed by atoms with Crippen molar-refractivity contribution in [2.24, 2.45) is 0 Å². The van der Waals surface area contributed by atoms with E-state index in [-0.39, 0.29) is 0 Å². The fourth-order valence-corrected chi connectivity index (χ4v) is 2.93. The lowest BCUT2D eigenvalue weighted by atomic mass is 10.1. The monoisotopic (exact) mass is 350 g/mol. The van der Waals surface area contributed by atoms with E-state index in [2.05, 4.69) is 31.2 Å². The van der Waals surface area contributed by atoms with Crippen LogP contribution in [0.25, 0.3) is 0 Å². The first-order valence-corrected chi connectivity index (χ1v) is 10.8. The Bertz CT molecular complexity index is 331. The Morgan fingerprint density at radius 3 is 1.40 bits per heavy atom. The Morgan fingerprint density at radius 1 is 0.600 bits per heavy atom. The fraction of sp³-hybridized carbons (Fsp3) is 0.783.